The second kappa shape index (κ2) is 10.7. The predicted molar refractivity (Wildman–Crippen MR) is 107 cm³/mol. The molecule has 0 heterocycles. The van der Waals surface area contributed by atoms with E-state index in [0.717, 1.165) is 0 Å². The van der Waals surface area contributed by atoms with Gasteiger partial charge < -0.3 is 20.9 Å². The van der Waals surface area contributed by atoms with Gasteiger partial charge in [-0.15, -0.1) is 0 Å². The fraction of sp³-hybridized carbons (Fsp3) is 0.222. The molecule has 0 saturated carbocycles. The van der Waals surface area contributed by atoms with E-state index in [0.29, 0.717) is 14.7 Å². The molecule has 0 unspecified atom stereocenters. The average Bonchev–Trinajstić information content (AvgIpc) is 2.68. The maximum Gasteiger partial charge on any atom is 0.339 e. The normalized spacial score (nSPS) is 9.81. The number of anilines is 2. The van der Waals surface area contributed by atoms with Crippen LogP contribution >= 0.6 is 22.6 Å². The van der Waals surface area contributed by atoms with E-state index < -0.39 is 25.3 Å². The standard InChI is InChI=1S/C9H9FINO2.C9H10FNO2/c1-14-9(13)6-3-7(11)5(4-10)2-8(6)12;1-13-9(12)7-3-2-6(5-10)4-8(7)11/h2-3H,4,12H2,1H3;2-4H,5,11H2,1H3. The zero-order valence-electron chi connectivity index (χ0n) is 14.7. The van der Waals surface area contributed by atoms with Crippen molar-refractivity contribution in [3.8, 4) is 0 Å². The van der Waals surface area contributed by atoms with E-state index in [9.17, 15) is 18.4 Å². The highest BCUT2D eigenvalue weighted by molar-refractivity contribution is 14.1. The molecule has 6 nitrogen and oxygen atoms in total. The smallest absolute Gasteiger partial charge is 0.339 e. The number of hydrogen-bond acceptors (Lipinski definition) is 6. The van der Waals surface area contributed by atoms with Gasteiger partial charge >= 0.3 is 11.9 Å². The van der Waals surface area contributed by atoms with Crippen molar-refractivity contribution in [1.29, 1.82) is 0 Å². The number of nitrogen functional groups attached to an aromatic ring is 2. The Morgan fingerprint density at radius 1 is 0.926 bits per heavy atom. The maximum atomic E-state index is 12.4. The van der Waals surface area contributed by atoms with Crippen molar-refractivity contribution in [3.05, 3.63) is 56.2 Å². The largest absolute Gasteiger partial charge is 0.465 e. The third kappa shape index (κ3) is 6.05. The molecule has 0 aromatic heterocycles. The molecule has 2 rings (SSSR count). The SMILES string of the molecule is COC(=O)c1cc(I)c(CF)cc1N.COC(=O)c1ccc(CF)cc1N. The van der Waals surface area contributed by atoms with Crippen LogP contribution in [-0.2, 0) is 22.8 Å². The Morgan fingerprint density at radius 2 is 1.48 bits per heavy atom. The van der Waals surface area contributed by atoms with Crippen molar-refractivity contribution in [3.63, 3.8) is 0 Å². The third-order valence-corrected chi connectivity index (χ3v) is 4.45. The van der Waals surface area contributed by atoms with Crippen LogP contribution in [0.5, 0.6) is 0 Å². The molecule has 0 atom stereocenters. The summed E-state index contributed by atoms with van der Waals surface area (Å²) in [4.78, 5) is 22.2. The van der Waals surface area contributed by atoms with Crippen LogP contribution in [0.3, 0.4) is 0 Å². The van der Waals surface area contributed by atoms with Gasteiger partial charge in [-0.2, -0.15) is 0 Å². The number of esters is 2. The molecule has 2 aromatic rings. The zero-order valence-corrected chi connectivity index (χ0v) is 16.9. The van der Waals surface area contributed by atoms with Gasteiger partial charge in [-0.3, -0.25) is 0 Å². The number of rotatable bonds is 4. The summed E-state index contributed by atoms with van der Waals surface area (Å²) >= 11 is 1.95. The van der Waals surface area contributed by atoms with Crippen molar-refractivity contribution in [2.45, 2.75) is 13.3 Å². The quantitative estimate of drug-likeness (QED) is 0.384. The summed E-state index contributed by atoms with van der Waals surface area (Å²) in [6, 6.07) is 7.36. The van der Waals surface area contributed by atoms with Gasteiger partial charge in [0.2, 0.25) is 0 Å². The van der Waals surface area contributed by atoms with E-state index in [-0.39, 0.29) is 22.5 Å². The maximum absolute atomic E-state index is 12.4. The van der Waals surface area contributed by atoms with Crippen molar-refractivity contribution in [2.24, 2.45) is 0 Å². The number of methoxy groups -OCH3 is 2. The van der Waals surface area contributed by atoms with Gasteiger partial charge in [-0.25, -0.2) is 18.4 Å². The Hall–Kier alpha value is -2.43. The van der Waals surface area contributed by atoms with Gasteiger partial charge in [0.15, 0.2) is 0 Å². The van der Waals surface area contributed by atoms with Gasteiger partial charge in [0.25, 0.3) is 0 Å². The highest BCUT2D eigenvalue weighted by Gasteiger charge is 2.13. The average molecular weight is 492 g/mol. The molecule has 0 aliphatic heterocycles. The molecule has 2 aromatic carbocycles. The molecule has 0 amide bonds. The van der Waals surface area contributed by atoms with Crippen LogP contribution in [-0.4, -0.2) is 26.2 Å². The lowest BCUT2D eigenvalue weighted by Crippen LogP contribution is -2.07. The van der Waals surface area contributed by atoms with Crippen LogP contribution < -0.4 is 11.5 Å². The van der Waals surface area contributed by atoms with E-state index in [1.165, 1.54) is 44.6 Å². The van der Waals surface area contributed by atoms with E-state index in [4.69, 9.17) is 11.5 Å². The molecule has 0 aliphatic carbocycles. The molecular weight excluding hydrogens is 473 g/mol. The van der Waals surface area contributed by atoms with Crippen molar-refractivity contribution in [1.82, 2.24) is 0 Å². The molecule has 0 saturated heterocycles. The summed E-state index contributed by atoms with van der Waals surface area (Å²) in [7, 11) is 2.54. The minimum absolute atomic E-state index is 0.238. The van der Waals surface area contributed by atoms with Gasteiger partial charge in [0.05, 0.1) is 25.3 Å². The molecule has 0 fully saturated rings. The number of benzene rings is 2. The first kappa shape index (κ1) is 22.6. The van der Waals surface area contributed by atoms with E-state index >= 15 is 0 Å². The Labute approximate surface area is 169 Å². The minimum atomic E-state index is -0.593. The van der Waals surface area contributed by atoms with E-state index in [1.807, 2.05) is 22.6 Å². The van der Waals surface area contributed by atoms with Crippen LogP contribution in [0, 0.1) is 3.57 Å². The second-order valence-corrected chi connectivity index (χ2v) is 6.37. The predicted octanol–water partition coefficient (Wildman–Crippen LogP) is 3.65. The number of hydrogen-bond donors (Lipinski definition) is 2. The first-order valence-electron chi connectivity index (χ1n) is 7.53. The van der Waals surface area contributed by atoms with E-state index in [1.54, 1.807) is 0 Å². The van der Waals surface area contributed by atoms with Crippen LogP contribution in [0.25, 0.3) is 0 Å². The molecule has 0 spiro atoms. The molecular formula is C18H19F2IN2O4. The number of ether oxygens (including phenoxy) is 2. The first-order valence-corrected chi connectivity index (χ1v) is 8.61. The monoisotopic (exact) mass is 492 g/mol. The summed E-state index contributed by atoms with van der Waals surface area (Å²) < 4.78 is 34.2. The molecule has 4 N–H and O–H groups in total. The molecule has 0 bridgehead atoms. The molecule has 27 heavy (non-hydrogen) atoms. The minimum Gasteiger partial charge on any atom is -0.465 e. The van der Waals surface area contributed by atoms with Gasteiger partial charge in [0, 0.05) is 14.9 Å². The topological polar surface area (TPSA) is 105 Å². The Morgan fingerprint density at radius 3 is 1.96 bits per heavy atom. The zero-order chi connectivity index (χ0) is 20.6. The molecule has 0 radical (unpaired) electrons. The van der Waals surface area contributed by atoms with Crippen LogP contribution in [0.2, 0.25) is 0 Å². The Bertz CT molecular complexity index is 831. The summed E-state index contributed by atoms with van der Waals surface area (Å²) in [5, 5.41) is 0. The summed E-state index contributed by atoms with van der Waals surface area (Å²) in [6.45, 7) is -1.18. The van der Waals surface area contributed by atoms with Crippen molar-refractivity contribution < 1.29 is 27.8 Å². The molecule has 9 heteroatoms. The molecule has 0 aliphatic rings. The lowest BCUT2D eigenvalue weighted by molar-refractivity contribution is 0.0593. The highest BCUT2D eigenvalue weighted by atomic mass is 127. The number of alkyl halides is 2. The van der Waals surface area contributed by atoms with Crippen molar-refractivity contribution in [2.75, 3.05) is 25.7 Å². The summed E-state index contributed by atoms with van der Waals surface area (Å²) in [5.74, 6) is -1.02. The number of nitrogens with two attached hydrogens (primary N) is 2. The van der Waals surface area contributed by atoms with Crippen LogP contribution in [0.15, 0.2) is 30.3 Å². The van der Waals surface area contributed by atoms with Gasteiger partial charge in [-0.1, -0.05) is 6.07 Å². The van der Waals surface area contributed by atoms with Crippen LogP contribution in [0.1, 0.15) is 31.8 Å². The number of carbonyl (C=O) groups is 2. The number of carbonyl (C=O) groups excluding carboxylic acids is 2. The Kier molecular flexibility index (Phi) is 8.92. The number of halogens is 3. The highest BCUT2D eigenvalue weighted by Crippen LogP contribution is 2.22. The van der Waals surface area contributed by atoms with Crippen molar-refractivity contribution >= 4 is 45.9 Å². The first-order chi connectivity index (χ1) is 12.8. The Balaban J connectivity index is 0.000000271. The summed E-state index contributed by atoms with van der Waals surface area (Å²) in [6.07, 6.45) is 0. The lowest BCUT2D eigenvalue weighted by atomic mass is 10.1. The molecule has 146 valence electrons. The third-order valence-electron chi connectivity index (χ3n) is 3.44. The second-order valence-electron chi connectivity index (χ2n) is 5.20. The fourth-order valence-electron chi connectivity index (χ4n) is 2.02. The fourth-order valence-corrected chi connectivity index (χ4v) is 2.63. The lowest BCUT2D eigenvalue weighted by Gasteiger charge is -2.07. The summed E-state index contributed by atoms with van der Waals surface area (Å²) in [5.41, 5.74) is 13.0. The van der Waals surface area contributed by atoms with Gasteiger partial charge in [-0.05, 0) is 58.0 Å². The van der Waals surface area contributed by atoms with E-state index in [2.05, 4.69) is 9.47 Å². The van der Waals surface area contributed by atoms with Crippen LogP contribution in [0.4, 0.5) is 20.2 Å². The van der Waals surface area contributed by atoms with Gasteiger partial charge in [0.1, 0.15) is 13.3 Å².